The Hall–Kier alpha value is -0.560. The van der Waals surface area contributed by atoms with Crippen molar-refractivity contribution in [3.05, 3.63) is 0 Å². The van der Waals surface area contributed by atoms with Crippen molar-refractivity contribution in [2.75, 3.05) is 19.8 Å². The van der Waals surface area contributed by atoms with E-state index in [2.05, 4.69) is 27.7 Å². The van der Waals surface area contributed by atoms with E-state index in [0.29, 0.717) is 48.3 Å². The summed E-state index contributed by atoms with van der Waals surface area (Å²) in [6, 6.07) is 0. The van der Waals surface area contributed by atoms with Gasteiger partial charge >= 0.3 is 0 Å². The molecule has 11 unspecified atom stereocenters. The molecule has 0 aromatic carbocycles. The summed E-state index contributed by atoms with van der Waals surface area (Å²) >= 11 is 0. The van der Waals surface area contributed by atoms with E-state index in [9.17, 15) is 40.9 Å². The first-order valence-corrected chi connectivity index (χ1v) is 20.4. The fourth-order valence-electron chi connectivity index (χ4n) is 13.2. The molecule has 4 heterocycles. The van der Waals surface area contributed by atoms with E-state index in [1.54, 1.807) is 0 Å². The normalized spacial score (nSPS) is 59.5. The van der Waals surface area contributed by atoms with Gasteiger partial charge < -0.3 is 69.3 Å². The highest BCUT2D eigenvalue weighted by Gasteiger charge is 2.69. The first-order chi connectivity index (χ1) is 25.2. The summed E-state index contributed by atoms with van der Waals surface area (Å²) in [5.74, 6) is 2.78. The molecular formula is C39H64O14. The Morgan fingerprint density at radius 2 is 1.40 bits per heavy atom. The molecule has 0 amide bonds. The molecule has 53 heavy (non-hydrogen) atoms. The standard InChI is InChI=1S/C39H64O14/c1-17-7-10-39(48-16-17)18(2)28-25(53-39)12-22-20-6-5-19-11-24(23(42)13-38(19,4)21(20)8-9-37(22,28)3)49-36-34(32(46)30(44)27(15-41)51-36)52-35-33(47)31(45)29(43)26(14-40)50-35/h17-36,40-47H,5-16H2,1-4H3/t17?,18?,19?,20?,21?,22?,23?,24-,25?,26-,27-,28?,29-,30+,31+,32+,33-,34-,35+,36-,37?,38?,39-/m0/s1. The summed E-state index contributed by atoms with van der Waals surface area (Å²) in [4.78, 5) is 0. The van der Waals surface area contributed by atoms with Gasteiger partial charge in [0, 0.05) is 12.3 Å². The van der Waals surface area contributed by atoms with Crippen LogP contribution in [0.5, 0.6) is 0 Å². The smallest absolute Gasteiger partial charge is 0.187 e. The topological polar surface area (TPSA) is 217 Å². The second-order valence-electron chi connectivity index (χ2n) is 18.9. The number of fused-ring (bicyclic) bond motifs is 7. The van der Waals surface area contributed by atoms with Crippen LogP contribution in [0.2, 0.25) is 0 Å². The van der Waals surface area contributed by atoms with E-state index in [0.717, 1.165) is 51.6 Å². The molecule has 304 valence electrons. The Kier molecular flexibility index (Phi) is 10.6. The van der Waals surface area contributed by atoms with Gasteiger partial charge in [-0.25, -0.2) is 0 Å². The lowest BCUT2D eigenvalue weighted by atomic mass is 9.44. The van der Waals surface area contributed by atoms with Gasteiger partial charge in [-0.1, -0.05) is 27.7 Å². The molecule has 0 aromatic heterocycles. The first kappa shape index (κ1) is 39.3. The number of hydrogen-bond donors (Lipinski definition) is 8. The van der Waals surface area contributed by atoms with Crippen molar-refractivity contribution in [3.8, 4) is 0 Å². The number of aliphatic hydroxyl groups excluding tert-OH is 8. The van der Waals surface area contributed by atoms with Crippen molar-refractivity contribution >= 4 is 0 Å². The third kappa shape index (κ3) is 6.20. The molecule has 4 saturated carbocycles. The van der Waals surface area contributed by atoms with E-state index >= 15 is 0 Å². The number of hydrogen-bond acceptors (Lipinski definition) is 14. The van der Waals surface area contributed by atoms with Crippen LogP contribution in [0.1, 0.15) is 85.5 Å². The zero-order valence-corrected chi connectivity index (χ0v) is 31.6. The average molecular weight is 757 g/mol. The van der Waals surface area contributed by atoms with Crippen LogP contribution in [0.4, 0.5) is 0 Å². The van der Waals surface area contributed by atoms with Crippen molar-refractivity contribution in [2.45, 2.75) is 171 Å². The zero-order valence-electron chi connectivity index (χ0n) is 31.6. The molecule has 4 aliphatic heterocycles. The molecule has 0 radical (unpaired) electrons. The van der Waals surface area contributed by atoms with E-state index in [1.165, 1.54) is 0 Å². The second-order valence-corrected chi connectivity index (χ2v) is 18.9. The molecule has 4 saturated heterocycles. The monoisotopic (exact) mass is 756 g/mol. The van der Waals surface area contributed by atoms with Crippen molar-refractivity contribution in [2.24, 2.45) is 52.3 Å². The summed E-state index contributed by atoms with van der Waals surface area (Å²) in [5.41, 5.74) is 0.0762. The van der Waals surface area contributed by atoms with Crippen molar-refractivity contribution in [3.63, 3.8) is 0 Å². The quantitative estimate of drug-likeness (QED) is 0.173. The van der Waals surface area contributed by atoms with E-state index in [1.807, 2.05) is 0 Å². The molecule has 8 aliphatic rings. The Labute approximate surface area is 312 Å². The molecule has 8 rings (SSSR count). The predicted molar refractivity (Wildman–Crippen MR) is 184 cm³/mol. The maximum Gasteiger partial charge on any atom is 0.187 e. The molecule has 0 bridgehead atoms. The lowest BCUT2D eigenvalue weighted by molar-refractivity contribution is -0.376. The van der Waals surface area contributed by atoms with Crippen LogP contribution >= 0.6 is 0 Å². The van der Waals surface area contributed by atoms with Gasteiger partial charge in [0.05, 0.1) is 38.1 Å². The van der Waals surface area contributed by atoms with Crippen LogP contribution in [-0.2, 0) is 28.4 Å². The van der Waals surface area contributed by atoms with Crippen LogP contribution < -0.4 is 0 Å². The maximum atomic E-state index is 11.8. The number of ether oxygens (including phenoxy) is 6. The summed E-state index contributed by atoms with van der Waals surface area (Å²) in [5, 5.41) is 84.5. The minimum absolute atomic E-state index is 0.111. The van der Waals surface area contributed by atoms with Crippen LogP contribution in [-0.4, -0.2) is 146 Å². The fraction of sp³-hybridized carbons (Fsp3) is 1.00. The number of rotatable bonds is 6. The minimum atomic E-state index is -1.76. The number of aliphatic hydroxyl groups is 8. The van der Waals surface area contributed by atoms with E-state index < -0.39 is 92.6 Å². The molecule has 4 aliphatic carbocycles. The summed E-state index contributed by atoms with van der Waals surface area (Å²) in [7, 11) is 0. The second kappa shape index (κ2) is 14.4. The Morgan fingerprint density at radius 3 is 2.08 bits per heavy atom. The van der Waals surface area contributed by atoms with Gasteiger partial charge in [-0.2, -0.15) is 0 Å². The molecule has 8 N–H and O–H groups in total. The molecule has 8 fully saturated rings. The van der Waals surface area contributed by atoms with Crippen LogP contribution in [0.25, 0.3) is 0 Å². The van der Waals surface area contributed by atoms with Gasteiger partial charge in [0.2, 0.25) is 0 Å². The lowest BCUT2D eigenvalue weighted by Crippen LogP contribution is -2.65. The molecule has 1 spiro atoms. The van der Waals surface area contributed by atoms with Gasteiger partial charge in [0.25, 0.3) is 0 Å². The highest BCUT2D eigenvalue weighted by Crippen LogP contribution is 2.71. The van der Waals surface area contributed by atoms with Gasteiger partial charge in [0.15, 0.2) is 18.4 Å². The maximum absolute atomic E-state index is 11.8. The zero-order chi connectivity index (χ0) is 37.8. The summed E-state index contributed by atoms with van der Waals surface area (Å²) in [6.07, 6.45) is -8.11. The Morgan fingerprint density at radius 1 is 0.698 bits per heavy atom. The van der Waals surface area contributed by atoms with Gasteiger partial charge in [-0.3, -0.25) is 0 Å². The summed E-state index contributed by atoms with van der Waals surface area (Å²) in [6.45, 7) is 8.96. The Bertz CT molecular complexity index is 1300. The van der Waals surface area contributed by atoms with Crippen LogP contribution in [0.3, 0.4) is 0 Å². The predicted octanol–water partition coefficient (Wildman–Crippen LogP) is 0.413. The van der Waals surface area contributed by atoms with Crippen molar-refractivity contribution in [1.82, 2.24) is 0 Å². The summed E-state index contributed by atoms with van der Waals surface area (Å²) < 4.78 is 37.2. The average Bonchev–Trinajstić information content (AvgIpc) is 3.58. The Balaban J connectivity index is 0.962. The van der Waals surface area contributed by atoms with Gasteiger partial charge in [-0.05, 0) is 97.7 Å². The van der Waals surface area contributed by atoms with Gasteiger partial charge in [-0.15, -0.1) is 0 Å². The SMILES string of the molecule is CC1CC[C@]2(OC1)OC1CC3C4CCC5C[C@H](O[C@H]6O[C@@H](CO)[C@@H](O)[C@@H](O)[C@@H]6O[C@H]6O[C@@H](CO)[C@H](O)[C@@H](O)[C@@H]6O)C(O)CC5(C)C4CCC3(C)C1C2C. The highest BCUT2D eigenvalue weighted by atomic mass is 16.8. The van der Waals surface area contributed by atoms with E-state index in [4.69, 9.17) is 28.4 Å². The molecular weight excluding hydrogens is 692 g/mol. The first-order valence-electron chi connectivity index (χ1n) is 20.4. The van der Waals surface area contributed by atoms with Crippen LogP contribution in [0, 0.1) is 52.3 Å². The minimum Gasteiger partial charge on any atom is -0.394 e. The molecule has 23 atom stereocenters. The molecule has 14 nitrogen and oxygen atoms in total. The largest absolute Gasteiger partial charge is 0.394 e. The van der Waals surface area contributed by atoms with Crippen molar-refractivity contribution < 1.29 is 69.3 Å². The van der Waals surface area contributed by atoms with E-state index in [-0.39, 0.29) is 22.9 Å². The van der Waals surface area contributed by atoms with Gasteiger partial charge in [0.1, 0.15) is 48.8 Å². The fourth-order valence-corrected chi connectivity index (χ4v) is 13.2. The highest BCUT2D eigenvalue weighted by molar-refractivity contribution is 5.16. The third-order valence-corrected chi connectivity index (χ3v) is 16.2. The molecule has 0 aromatic rings. The molecule has 14 heteroatoms. The lowest BCUT2D eigenvalue weighted by Gasteiger charge is -2.62. The van der Waals surface area contributed by atoms with Crippen LogP contribution in [0.15, 0.2) is 0 Å². The third-order valence-electron chi connectivity index (χ3n) is 16.2. The van der Waals surface area contributed by atoms with Crippen molar-refractivity contribution in [1.29, 1.82) is 0 Å².